The van der Waals surface area contributed by atoms with Crippen molar-refractivity contribution in [2.24, 2.45) is 0 Å². The van der Waals surface area contributed by atoms with Crippen LogP contribution in [0.25, 0.3) is 0 Å². The fourth-order valence-electron chi connectivity index (χ4n) is 2.69. The summed E-state index contributed by atoms with van der Waals surface area (Å²) in [7, 11) is -3.24. The van der Waals surface area contributed by atoms with Gasteiger partial charge in [-0.25, -0.2) is 13.2 Å². The van der Waals surface area contributed by atoms with Crippen LogP contribution < -0.4 is 5.32 Å². The number of hydrogen-bond acceptors (Lipinski definition) is 4. The third-order valence-corrected chi connectivity index (χ3v) is 5.18. The normalized spacial score (nSPS) is 18.7. The molecule has 1 aromatic rings. The van der Waals surface area contributed by atoms with Crippen LogP contribution >= 0.6 is 0 Å². The number of sulfonamides is 1. The molecule has 0 spiro atoms. The molecule has 0 bridgehead atoms. The monoisotopic (exact) mass is 340 g/mol. The standard InChI is InChI=1S/C15H20N2O5S/c1-23(21,22)17-8-2-3-13(17)10-16-14(18)9-11-4-6-12(7-5-11)15(19)20/h4-7,13H,2-3,8-10H2,1H3,(H,16,18)(H,19,20)/t13-/m1/s1. The molecule has 0 saturated carbocycles. The van der Waals surface area contributed by atoms with Crippen molar-refractivity contribution in [2.75, 3.05) is 19.3 Å². The number of carbonyl (C=O) groups is 2. The van der Waals surface area contributed by atoms with Crippen LogP contribution in [0.3, 0.4) is 0 Å². The zero-order chi connectivity index (χ0) is 17.0. The van der Waals surface area contributed by atoms with Crippen LogP contribution in [0.15, 0.2) is 24.3 Å². The van der Waals surface area contributed by atoms with E-state index >= 15 is 0 Å². The van der Waals surface area contributed by atoms with Gasteiger partial charge in [0.05, 0.1) is 18.2 Å². The first kappa shape index (κ1) is 17.4. The maximum absolute atomic E-state index is 11.9. The maximum atomic E-state index is 11.9. The van der Waals surface area contributed by atoms with Gasteiger partial charge >= 0.3 is 5.97 Å². The van der Waals surface area contributed by atoms with Gasteiger partial charge in [-0.1, -0.05) is 12.1 Å². The van der Waals surface area contributed by atoms with Gasteiger partial charge in [-0.05, 0) is 30.5 Å². The van der Waals surface area contributed by atoms with Gasteiger partial charge in [-0.15, -0.1) is 0 Å². The number of rotatable bonds is 6. The van der Waals surface area contributed by atoms with Crippen LogP contribution in [0.4, 0.5) is 0 Å². The minimum atomic E-state index is -3.24. The molecular weight excluding hydrogens is 320 g/mol. The summed E-state index contributed by atoms with van der Waals surface area (Å²) >= 11 is 0. The van der Waals surface area contributed by atoms with Gasteiger partial charge in [0.1, 0.15) is 0 Å². The molecule has 0 aliphatic carbocycles. The zero-order valence-corrected chi connectivity index (χ0v) is 13.7. The van der Waals surface area contributed by atoms with Crippen molar-refractivity contribution in [1.82, 2.24) is 9.62 Å². The molecule has 1 aliphatic heterocycles. The molecule has 23 heavy (non-hydrogen) atoms. The molecule has 1 atom stereocenters. The Hall–Kier alpha value is -1.93. The minimum absolute atomic E-state index is 0.130. The molecule has 1 amide bonds. The summed E-state index contributed by atoms with van der Waals surface area (Å²) in [6.45, 7) is 0.787. The van der Waals surface area contributed by atoms with Gasteiger partial charge in [0.2, 0.25) is 15.9 Å². The highest BCUT2D eigenvalue weighted by Gasteiger charge is 2.31. The van der Waals surface area contributed by atoms with Crippen molar-refractivity contribution in [3.8, 4) is 0 Å². The lowest BCUT2D eigenvalue weighted by Crippen LogP contribution is -2.43. The Kier molecular flexibility index (Phi) is 5.38. The topological polar surface area (TPSA) is 104 Å². The molecule has 1 saturated heterocycles. The molecule has 8 heteroatoms. The van der Waals surface area contributed by atoms with Gasteiger partial charge in [0.15, 0.2) is 0 Å². The van der Waals surface area contributed by atoms with Crippen LogP contribution in [0.2, 0.25) is 0 Å². The van der Waals surface area contributed by atoms with E-state index in [-0.39, 0.29) is 23.9 Å². The Morgan fingerprint density at radius 3 is 2.52 bits per heavy atom. The molecule has 1 fully saturated rings. The Balaban J connectivity index is 1.86. The van der Waals surface area contributed by atoms with Gasteiger partial charge < -0.3 is 10.4 Å². The summed E-state index contributed by atoms with van der Waals surface area (Å²) in [6, 6.07) is 5.91. The number of carbonyl (C=O) groups excluding carboxylic acids is 1. The van der Waals surface area contributed by atoms with Gasteiger partial charge in [0.25, 0.3) is 0 Å². The van der Waals surface area contributed by atoms with Crippen molar-refractivity contribution in [3.05, 3.63) is 35.4 Å². The second-order valence-electron chi connectivity index (χ2n) is 5.65. The van der Waals surface area contributed by atoms with E-state index in [1.54, 1.807) is 12.1 Å². The smallest absolute Gasteiger partial charge is 0.335 e. The minimum Gasteiger partial charge on any atom is -0.478 e. The predicted octanol–water partition coefficient (Wildman–Crippen LogP) is 0.468. The third-order valence-electron chi connectivity index (χ3n) is 3.85. The Morgan fingerprint density at radius 2 is 1.96 bits per heavy atom. The van der Waals surface area contributed by atoms with E-state index in [9.17, 15) is 18.0 Å². The highest BCUT2D eigenvalue weighted by molar-refractivity contribution is 7.88. The largest absolute Gasteiger partial charge is 0.478 e. The predicted molar refractivity (Wildman–Crippen MR) is 84.7 cm³/mol. The van der Waals surface area contributed by atoms with E-state index < -0.39 is 16.0 Å². The lowest BCUT2D eigenvalue weighted by molar-refractivity contribution is -0.120. The lowest BCUT2D eigenvalue weighted by Gasteiger charge is -2.22. The second-order valence-corrected chi connectivity index (χ2v) is 7.59. The Bertz CT molecular complexity index is 684. The molecule has 1 aromatic carbocycles. The summed E-state index contributed by atoms with van der Waals surface area (Å²) in [5, 5.41) is 11.6. The second kappa shape index (κ2) is 7.10. The number of carboxylic acid groups (broad SMARTS) is 1. The van der Waals surface area contributed by atoms with E-state index in [1.807, 2.05) is 0 Å². The fourth-order valence-corrected chi connectivity index (χ4v) is 3.88. The number of nitrogens with zero attached hydrogens (tertiary/aromatic N) is 1. The maximum Gasteiger partial charge on any atom is 0.335 e. The Labute approximate surface area is 135 Å². The summed E-state index contributed by atoms with van der Waals surface area (Å²) in [4.78, 5) is 22.7. The number of amides is 1. The van der Waals surface area contributed by atoms with Crippen molar-refractivity contribution < 1.29 is 23.1 Å². The van der Waals surface area contributed by atoms with E-state index in [1.165, 1.54) is 22.7 Å². The quantitative estimate of drug-likeness (QED) is 0.783. The highest BCUT2D eigenvalue weighted by Crippen LogP contribution is 2.19. The number of benzene rings is 1. The number of aromatic carboxylic acids is 1. The van der Waals surface area contributed by atoms with Crippen LogP contribution in [0.1, 0.15) is 28.8 Å². The van der Waals surface area contributed by atoms with Gasteiger partial charge in [-0.3, -0.25) is 4.79 Å². The van der Waals surface area contributed by atoms with E-state index in [4.69, 9.17) is 5.11 Å². The van der Waals surface area contributed by atoms with Crippen LogP contribution in [-0.4, -0.2) is 55.1 Å². The molecule has 1 heterocycles. The third kappa shape index (κ3) is 4.77. The average Bonchev–Trinajstić information content (AvgIpc) is 2.94. The molecular formula is C15H20N2O5S. The van der Waals surface area contributed by atoms with Crippen molar-refractivity contribution in [2.45, 2.75) is 25.3 Å². The number of carboxylic acids is 1. The SMILES string of the molecule is CS(=O)(=O)N1CCC[C@@H]1CNC(=O)Cc1ccc(C(=O)O)cc1. The molecule has 2 N–H and O–H groups in total. The first-order valence-electron chi connectivity index (χ1n) is 7.33. The van der Waals surface area contributed by atoms with Gasteiger partial charge in [-0.2, -0.15) is 4.31 Å². The van der Waals surface area contributed by atoms with Gasteiger partial charge in [0, 0.05) is 19.1 Å². The Morgan fingerprint density at radius 1 is 1.30 bits per heavy atom. The molecule has 7 nitrogen and oxygen atoms in total. The van der Waals surface area contributed by atoms with E-state index in [2.05, 4.69) is 5.32 Å². The number of nitrogens with one attached hydrogen (secondary N) is 1. The van der Waals surface area contributed by atoms with Crippen molar-refractivity contribution in [3.63, 3.8) is 0 Å². The van der Waals surface area contributed by atoms with E-state index in [0.29, 0.717) is 18.7 Å². The van der Waals surface area contributed by atoms with E-state index in [0.717, 1.165) is 12.8 Å². The summed E-state index contributed by atoms with van der Waals surface area (Å²) < 4.78 is 24.7. The molecule has 0 unspecified atom stereocenters. The first-order valence-corrected chi connectivity index (χ1v) is 9.18. The van der Waals surface area contributed by atoms with Crippen LogP contribution in [-0.2, 0) is 21.2 Å². The lowest BCUT2D eigenvalue weighted by atomic mass is 10.1. The average molecular weight is 340 g/mol. The van der Waals surface area contributed by atoms with Crippen LogP contribution in [0.5, 0.6) is 0 Å². The molecule has 0 radical (unpaired) electrons. The summed E-state index contributed by atoms with van der Waals surface area (Å²) in [6.07, 6.45) is 2.84. The first-order chi connectivity index (χ1) is 10.8. The van der Waals surface area contributed by atoms with Crippen molar-refractivity contribution >= 4 is 21.9 Å². The molecule has 2 rings (SSSR count). The fraction of sp³-hybridized carbons (Fsp3) is 0.467. The summed E-state index contributed by atoms with van der Waals surface area (Å²) in [5.41, 5.74) is 0.878. The molecule has 0 aromatic heterocycles. The highest BCUT2D eigenvalue weighted by atomic mass is 32.2. The zero-order valence-electron chi connectivity index (χ0n) is 12.9. The molecule has 1 aliphatic rings. The van der Waals surface area contributed by atoms with Crippen molar-refractivity contribution in [1.29, 1.82) is 0 Å². The molecule has 126 valence electrons. The van der Waals surface area contributed by atoms with Crippen LogP contribution in [0, 0.1) is 0 Å². The number of hydrogen-bond donors (Lipinski definition) is 2. The summed E-state index contributed by atoms with van der Waals surface area (Å²) in [5.74, 6) is -1.23.